The molecule has 1 unspecified atom stereocenters. The number of hydrogen-bond donors (Lipinski definition) is 4. The number of nitrogens with zero attached hydrogens (tertiary/aromatic N) is 2. The van der Waals surface area contributed by atoms with Crippen molar-refractivity contribution in [1.29, 1.82) is 0 Å². The fourth-order valence-corrected chi connectivity index (χ4v) is 2.36. The van der Waals surface area contributed by atoms with E-state index in [0.29, 0.717) is 11.4 Å². The van der Waals surface area contributed by atoms with Crippen molar-refractivity contribution in [3.05, 3.63) is 65.9 Å². The molecule has 0 saturated carbocycles. The standard InChI is InChI=1S/C11H13F3N2O.C7H10N4/c12-11(13,14)8-1-2-9(16-5-8)7-17-10-3-4-15-6-10;8-7(5-11-9)6-2-1-3-10-4-6/h1-2,5,10,15H,3-4,6-7H2;1-5,11H,8-9H2/b;7-5-. The number of rotatable bonds is 5. The van der Waals surface area contributed by atoms with Gasteiger partial charge in [0.25, 0.3) is 0 Å². The van der Waals surface area contributed by atoms with Crippen LogP contribution in [0.5, 0.6) is 0 Å². The lowest BCUT2D eigenvalue weighted by atomic mass is 10.2. The van der Waals surface area contributed by atoms with Crippen LogP contribution in [0.15, 0.2) is 49.1 Å². The molecule has 152 valence electrons. The smallest absolute Gasteiger partial charge is 0.397 e. The monoisotopic (exact) mass is 396 g/mol. The molecule has 1 atom stereocenters. The van der Waals surface area contributed by atoms with Gasteiger partial charge in [-0.25, -0.2) is 0 Å². The van der Waals surface area contributed by atoms with Gasteiger partial charge in [0.2, 0.25) is 0 Å². The van der Waals surface area contributed by atoms with Crippen LogP contribution >= 0.6 is 0 Å². The minimum absolute atomic E-state index is 0.138. The van der Waals surface area contributed by atoms with Crippen LogP contribution < -0.4 is 22.3 Å². The van der Waals surface area contributed by atoms with Crippen LogP contribution in [0.4, 0.5) is 13.2 Å². The quantitative estimate of drug-likeness (QED) is 0.450. The summed E-state index contributed by atoms with van der Waals surface area (Å²) in [7, 11) is 0. The summed E-state index contributed by atoms with van der Waals surface area (Å²) in [6.07, 6.45) is 2.44. The van der Waals surface area contributed by atoms with Crippen molar-refractivity contribution in [2.24, 2.45) is 11.6 Å². The molecule has 10 heteroatoms. The molecule has 3 rings (SSSR count). The van der Waals surface area contributed by atoms with Crippen molar-refractivity contribution in [3.63, 3.8) is 0 Å². The summed E-state index contributed by atoms with van der Waals surface area (Å²) in [5, 5.41) is 3.14. The highest BCUT2D eigenvalue weighted by Gasteiger charge is 2.30. The Balaban J connectivity index is 0.000000221. The third-order valence-corrected chi connectivity index (χ3v) is 3.87. The summed E-state index contributed by atoms with van der Waals surface area (Å²) in [6, 6.07) is 6.05. The van der Waals surface area contributed by atoms with Crippen LogP contribution in [0.3, 0.4) is 0 Å². The third kappa shape index (κ3) is 7.14. The number of hydrogen-bond acceptors (Lipinski definition) is 7. The van der Waals surface area contributed by atoms with Gasteiger partial charge in [-0.05, 0) is 37.2 Å². The predicted octanol–water partition coefficient (Wildman–Crippen LogP) is 1.78. The molecular formula is C18H23F3N6O. The molecule has 2 aromatic rings. The van der Waals surface area contributed by atoms with Crippen LogP contribution in [0, 0.1) is 0 Å². The van der Waals surface area contributed by atoms with Crippen molar-refractivity contribution >= 4 is 5.70 Å². The van der Waals surface area contributed by atoms with Crippen molar-refractivity contribution < 1.29 is 17.9 Å². The van der Waals surface area contributed by atoms with E-state index in [9.17, 15) is 13.2 Å². The van der Waals surface area contributed by atoms with E-state index < -0.39 is 11.7 Å². The second-order valence-corrected chi connectivity index (χ2v) is 5.97. The minimum Gasteiger partial charge on any atom is -0.397 e. The zero-order valence-electron chi connectivity index (χ0n) is 15.1. The van der Waals surface area contributed by atoms with Crippen LogP contribution in [0.1, 0.15) is 23.2 Å². The molecule has 28 heavy (non-hydrogen) atoms. The van der Waals surface area contributed by atoms with Crippen LogP contribution in [0.2, 0.25) is 0 Å². The Bertz CT molecular complexity index is 731. The van der Waals surface area contributed by atoms with Crippen molar-refractivity contribution in [3.8, 4) is 0 Å². The molecule has 6 N–H and O–H groups in total. The molecule has 0 aliphatic carbocycles. The number of aromatic nitrogens is 2. The fraction of sp³-hybridized carbons (Fsp3) is 0.333. The van der Waals surface area contributed by atoms with E-state index in [0.717, 1.165) is 37.3 Å². The lowest BCUT2D eigenvalue weighted by molar-refractivity contribution is -0.137. The summed E-state index contributed by atoms with van der Waals surface area (Å²) >= 11 is 0. The van der Waals surface area contributed by atoms with E-state index >= 15 is 0 Å². The molecular weight excluding hydrogens is 373 g/mol. The first kappa shape index (κ1) is 21.6. The van der Waals surface area contributed by atoms with Gasteiger partial charge in [-0.1, -0.05) is 0 Å². The van der Waals surface area contributed by atoms with Gasteiger partial charge in [-0.15, -0.1) is 0 Å². The molecule has 0 bridgehead atoms. The van der Waals surface area contributed by atoms with Gasteiger partial charge in [0, 0.05) is 36.9 Å². The summed E-state index contributed by atoms with van der Waals surface area (Å²) in [5.74, 6) is 5.04. The topological polar surface area (TPSA) is 111 Å². The van der Waals surface area contributed by atoms with E-state index in [1.165, 1.54) is 12.3 Å². The second-order valence-electron chi connectivity index (χ2n) is 5.97. The molecule has 0 amide bonds. The van der Waals surface area contributed by atoms with Gasteiger partial charge < -0.3 is 21.2 Å². The van der Waals surface area contributed by atoms with E-state index in [1.807, 2.05) is 12.1 Å². The number of nitrogens with two attached hydrogens (primary N) is 2. The average Bonchev–Trinajstić information content (AvgIpc) is 3.21. The molecule has 2 aromatic heterocycles. The Morgan fingerprint density at radius 1 is 1.32 bits per heavy atom. The number of hydrazine groups is 1. The van der Waals surface area contributed by atoms with Gasteiger partial charge in [0.1, 0.15) is 0 Å². The number of nitrogens with one attached hydrogen (secondary N) is 2. The SMILES string of the molecule is FC(F)(F)c1ccc(COC2CCNC2)nc1.NN/C=C(\N)c1cccnc1. The van der Waals surface area contributed by atoms with Crippen molar-refractivity contribution in [1.82, 2.24) is 20.7 Å². The molecule has 0 spiro atoms. The van der Waals surface area contributed by atoms with Gasteiger partial charge >= 0.3 is 6.18 Å². The van der Waals surface area contributed by atoms with Gasteiger partial charge in [-0.3, -0.25) is 15.8 Å². The first-order valence-electron chi connectivity index (χ1n) is 8.56. The highest BCUT2D eigenvalue weighted by Crippen LogP contribution is 2.28. The zero-order valence-corrected chi connectivity index (χ0v) is 15.1. The first-order valence-corrected chi connectivity index (χ1v) is 8.56. The molecule has 1 aliphatic heterocycles. The zero-order chi connectivity index (χ0) is 20.4. The highest BCUT2D eigenvalue weighted by atomic mass is 19.4. The van der Waals surface area contributed by atoms with E-state index in [4.69, 9.17) is 16.3 Å². The maximum Gasteiger partial charge on any atom is 0.417 e. The molecule has 7 nitrogen and oxygen atoms in total. The second kappa shape index (κ2) is 10.6. The van der Waals surface area contributed by atoms with E-state index in [1.54, 1.807) is 12.4 Å². The van der Waals surface area contributed by atoms with Crippen LogP contribution in [-0.4, -0.2) is 29.2 Å². The molecule has 1 fully saturated rings. The lowest BCUT2D eigenvalue weighted by Crippen LogP contribution is -2.17. The van der Waals surface area contributed by atoms with Crippen molar-refractivity contribution in [2.45, 2.75) is 25.3 Å². The first-order chi connectivity index (χ1) is 13.4. The molecule has 0 aromatic carbocycles. The highest BCUT2D eigenvalue weighted by molar-refractivity contribution is 5.60. The summed E-state index contributed by atoms with van der Waals surface area (Å²) < 4.78 is 42.3. The van der Waals surface area contributed by atoms with Crippen LogP contribution in [0.25, 0.3) is 5.70 Å². The largest absolute Gasteiger partial charge is 0.417 e. The maximum absolute atomic E-state index is 12.3. The van der Waals surface area contributed by atoms with Gasteiger partial charge in [0.05, 0.1) is 29.7 Å². The fourth-order valence-electron chi connectivity index (χ4n) is 2.36. The van der Waals surface area contributed by atoms with Gasteiger partial charge in [0.15, 0.2) is 0 Å². The number of halogens is 3. The summed E-state index contributed by atoms with van der Waals surface area (Å²) in [4.78, 5) is 7.64. The van der Waals surface area contributed by atoms with E-state index in [2.05, 4.69) is 20.7 Å². The Morgan fingerprint density at radius 3 is 2.68 bits per heavy atom. The summed E-state index contributed by atoms with van der Waals surface area (Å²) in [5.41, 5.74) is 9.14. The normalized spacial score (nSPS) is 17.0. The van der Waals surface area contributed by atoms with E-state index in [-0.39, 0.29) is 12.7 Å². The van der Waals surface area contributed by atoms with Gasteiger partial charge in [-0.2, -0.15) is 13.2 Å². The molecule has 0 radical (unpaired) electrons. The Labute approximate surface area is 161 Å². The summed E-state index contributed by atoms with van der Waals surface area (Å²) in [6.45, 7) is 1.97. The molecule has 3 heterocycles. The van der Waals surface area contributed by atoms with Crippen molar-refractivity contribution in [2.75, 3.05) is 13.1 Å². The number of pyridine rings is 2. The molecule has 1 aliphatic rings. The lowest BCUT2D eigenvalue weighted by Gasteiger charge is -2.10. The maximum atomic E-state index is 12.3. The molecule has 1 saturated heterocycles. The predicted molar refractivity (Wildman–Crippen MR) is 99.0 cm³/mol. The Kier molecular flexibility index (Phi) is 8.18. The van der Waals surface area contributed by atoms with Crippen LogP contribution in [-0.2, 0) is 17.5 Å². The third-order valence-electron chi connectivity index (χ3n) is 3.87. The average molecular weight is 396 g/mol. The Morgan fingerprint density at radius 2 is 2.14 bits per heavy atom. The number of ether oxygens (including phenoxy) is 1. The minimum atomic E-state index is -4.33. The number of alkyl halides is 3. The Hall–Kier alpha value is -2.69.